The summed E-state index contributed by atoms with van der Waals surface area (Å²) in [6.45, 7) is 5.24. The molecule has 0 aliphatic carbocycles. The van der Waals surface area contributed by atoms with Crippen molar-refractivity contribution in [2.45, 2.75) is 39.5 Å². The van der Waals surface area contributed by atoms with Crippen LogP contribution < -0.4 is 0 Å². The second-order valence-electron chi connectivity index (χ2n) is 6.75. The first-order valence-electron chi connectivity index (χ1n) is 8.20. The Hall–Kier alpha value is -1.91. The second kappa shape index (κ2) is 7.57. The van der Waals surface area contributed by atoms with E-state index in [1.54, 1.807) is 12.4 Å². The van der Waals surface area contributed by atoms with Crippen LogP contribution in [-0.4, -0.2) is 42.0 Å². The van der Waals surface area contributed by atoms with Gasteiger partial charge < -0.3 is 9.64 Å². The maximum atomic E-state index is 12.5. The number of piperidine rings is 1. The van der Waals surface area contributed by atoms with E-state index in [9.17, 15) is 9.59 Å². The number of methoxy groups -OCH3 is 1. The van der Waals surface area contributed by atoms with E-state index < -0.39 is 5.41 Å². The quantitative estimate of drug-likeness (QED) is 0.783. The van der Waals surface area contributed by atoms with Crippen LogP contribution in [-0.2, 0) is 20.7 Å². The van der Waals surface area contributed by atoms with E-state index in [0.717, 1.165) is 31.4 Å². The van der Waals surface area contributed by atoms with Gasteiger partial charge in [-0.2, -0.15) is 0 Å². The predicted octanol–water partition coefficient (Wildman–Crippen LogP) is 2.45. The molecule has 0 radical (unpaired) electrons. The Bertz CT molecular complexity index is 542. The summed E-state index contributed by atoms with van der Waals surface area (Å²) in [6.07, 6.45) is 6.60. The minimum Gasteiger partial charge on any atom is -0.469 e. The first kappa shape index (κ1) is 17.4. The zero-order chi connectivity index (χ0) is 16.9. The molecule has 0 saturated carbocycles. The summed E-state index contributed by atoms with van der Waals surface area (Å²) in [4.78, 5) is 30.4. The number of nitrogens with zero attached hydrogens (tertiary/aromatic N) is 2. The summed E-state index contributed by atoms with van der Waals surface area (Å²) < 4.78 is 4.92. The molecule has 1 amide bonds. The van der Waals surface area contributed by atoms with Crippen molar-refractivity contribution in [1.82, 2.24) is 9.88 Å². The molecule has 2 heterocycles. The van der Waals surface area contributed by atoms with Gasteiger partial charge >= 0.3 is 5.97 Å². The van der Waals surface area contributed by atoms with E-state index in [1.807, 2.05) is 30.9 Å². The highest BCUT2D eigenvalue weighted by atomic mass is 16.5. The number of hydrogen-bond donors (Lipinski definition) is 0. The van der Waals surface area contributed by atoms with Crippen LogP contribution in [0.25, 0.3) is 0 Å². The number of aryl methyl sites for hydroxylation is 1. The van der Waals surface area contributed by atoms with Gasteiger partial charge in [0.05, 0.1) is 12.5 Å². The number of aromatic nitrogens is 1. The van der Waals surface area contributed by atoms with Gasteiger partial charge in [-0.3, -0.25) is 14.6 Å². The lowest BCUT2D eigenvalue weighted by molar-refractivity contribution is -0.156. The van der Waals surface area contributed by atoms with Crippen LogP contribution in [0.2, 0.25) is 0 Å². The van der Waals surface area contributed by atoms with Crippen LogP contribution in [0.15, 0.2) is 24.5 Å². The molecular formula is C18H26N2O3. The molecule has 1 saturated heterocycles. The molecule has 23 heavy (non-hydrogen) atoms. The van der Waals surface area contributed by atoms with E-state index in [4.69, 9.17) is 4.74 Å². The number of carbonyl (C=O) groups is 2. The second-order valence-corrected chi connectivity index (χ2v) is 6.75. The number of ether oxygens (including phenoxy) is 1. The Labute approximate surface area is 138 Å². The van der Waals surface area contributed by atoms with Crippen molar-refractivity contribution in [1.29, 1.82) is 0 Å². The molecule has 1 atom stereocenters. The fourth-order valence-electron chi connectivity index (χ4n) is 3.18. The lowest BCUT2D eigenvalue weighted by Crippen LogP contribution is -2.47. The zero-order valence-electron chi connectivity index (χ0n) is 14.2. The van der Waals surface area contributed by atoms with Crippen molar-refractivity contribution in [2.24, 2.45) is 11.3 Å². The molecule has 0 aromatic carbocycles. The molecule has 126 valence electrons. The van der Waals surface area contributed by atoms with Crippen LogP contribution in [0.4, 0.5) is 0 Å². The van der Waals surface area contributed by atoms with Gasteiger partial charge in [0.2, 0.25) is 5.91 Å². The Morgan fingerprint density at radius 1 is 1.35 bits per heavy atom. The van der Waals surface area contributed by atoms with Gasteiger partial charge in [-0.05, 0) is 56.7 Å². The first-order valence-corrected chi connectivity index (χ1v) is 8.20. The average molecular weight is 318 g/mol. The highest BCUT2D eigenvalue weighted by molar-refractivity contribution is 5.78. The summed E-state index contributed by atoms with van der Waals surface area (Å²) in [6, 6.07) is 3.87. The Morgan fingerprint density at radius 2 is 2.04 bits per heavy atom. The highest BCUT2D eigenvalue weighted by Crippen LogP contribution is 2.35. The normalized spacial score (nSPS) is 18.6. The molecule has 1 unspecified atom stereocenters. The Morgan fingerprint density at radius 3 is 2.70 bits per heavy atom. The van der Waals surface area contributed by atoms with Crippen molar-refractivity contribution in [3.63, 3.8) is 0 Å². The van der Waals surface area contributed by atoms with Crippen molar-refractivity contribution in [3.8, 4) is 0 Å². The summed E-state index contributed by atoms with van der Waals surface area (Å²) in [5, 5.41) is 0. The van der Waals surface area contributed by atoms with Gasteiger partial charge in [-0.25, -0.2) is 0 Å². The summed E-state index contributed by atoms with van der Waals surface area (Å²) in [5.41, 5.74) is 0.565. The van der Waals surface area contributed by atoms with Crippen LogP contribution in [0.5, 0.6) is 0 Å². The molecular weight excluding hydrogens is 292 g/mol. The van der Waals surface area contributed by atoms with Crippen molar-refractivity contribution < 1.29 is 14.3 Å². The Kier molecular flexibility index (Phi) is 5.74. The van der Waals surface area contributed by atoms with E-state index in [2.05, 4.69) is 4.98 Å². The summed E-state index contributed by atoms with van der Waals surface area (Å²) in [7, 11) is 1.42. The van der Waals surface area contributed by atoms with Gasteiger partial charge in [-0.15, -0.1) is 0 Å². The van der Waals surface area contributed by atoms with Gasteiger partial charge in [0, 0.05) is 31.9 Å². The largest absolute Gasteiger partial charge is 0.469 e. The van der Waals surface area contributed by atoms with E-state index >= 15 is 0 Å². The van der Waals surface area contributed by atoms with Crippen LogP contribution >= 0.6 is 0 Å². The van der Waals surface area contributed by atoms with Crippen LogP contribution in [0.3, 0.4) is 0 Å². The minimum absolute atomic E-state index is 0.147. The van der Waals surface area contributed by atoms with Crippen molar-refractivity contribution in [2.75, 3.05) is 20.2 Å². The molecule has 5 nitrogen and oxygen atoms in total. The SMILES string of the molecule is COC(=O)C(C)(C)C1CCCN(C(=O)CCc2ccncc2)C1. The maximum absolute atomic E-state index is 12.5. The molecule has 2 rings (SSSR count). The van der Waals surface area contributed by atoms with Crippen LogP contribution in [0.1, 0.15) is 38.7 Å². The highest BCUT2D eigenvalue weighted by Gasteiger charge is 2.40. The smallest absolute Gasteiger partial charge is 0.311 e. The monoisotopic (exact) mass is 318 g/mol. The molecule has 1 aromatic heterocycles. The minimum atomic E-state index is -0.557. The van der Waals surface area contributed by atoms with E-state index in [-0.39, 0.29) is 17.8 Å². The van der Waals surface area contributed by atoms with Crippen LogP contribution in [0, 0.1) is 11.3 Å². The Balaban J connectivity index is 1.92. The number of rotatable bonds is 5. The number of amides is 1. The predicted molar refractivity (Wildman–Crippen MR) is 87.7 cm³/mol. The first-order chi connectivity index (χ1) is 10.9. The van der Waals surface area contributed by atoms with Gasteiger partial charge in [0.1, 0.15) is 0 Å². The molecule has 5 heteroatoms. The molecule has 1 aromatic rings. The number of carbonyl (C=O) groups excluding carboxylic acids is 2. The summed E-state index contributed by atoms with van der Waals surface area (Å²) in [5.74, 6) is 0.106. The fourth-order valence-corrected chi connectivity index (χ4v) is 3.18. The fraction of sp³-hybridized carbons (Fsp3) is 0.611. The summed E-state index contributed by atoms with van der Waals surface area (Å²) >= 11 is 0. The third-order valence-corrected chi connectivity index (χ3v) is 4.88. The van der Waals surface area contributed by atoms with Crippen molar-refractivity contribution in [3.05, 3.63) is 30.1 Å². The number of pyridine rings is 1. The molecule has 0 N–H and O–H groups in total. The topological polar surface area (TPSA) is 59.5 Å². The third-order valence-electron chi connectivity index (χ3n) is 4.88. The number of likely N-dealkylation sites (tertiary alicyclic amines) is 1. The lowest BCUT2D eigenvalue weighted by Gasteiger charge is -2.39. The number of esters is 1. The average Bonchev–Trinajstić information content (AvgIpc) is 2.59. The molecule has 0 spiro atoms. The van der Waals surface area contributed by atoms with E-state index in [0.29, 0.717) is 13.0 Å². The zero-order valence-corrected chi connectivity index (χ0v) is 14.2. The van der Waals surface area contributed by atoms with Gasteiger partial charge in [-0.1, -0.05) is 0 Å². The molecule has 0 bridgehead atoms. The lowest BCUT2D eigenvalue weighted by atomic mass is 9.74. The molecule has 1 aliphatic heterocycles. The van der Waals surface area contributed by atoms with E-state index in [1.165, 1.54) is 7.11 Å². The maximum Gasteiger partial charge on any atom is 0.311 e. The molecule has 1 fully saturated rings. The number of hydrogen-bond acceptors (Lipinski definition) is 4. The molecule has 1 aliphatic rings. The van der Waals surface area contributed by atoms with Gasteiger partial charge in [0.15, 0.2) is 0 Å². The van der Waals surface area contributed by atoms with Gasteiger partial charge in [0.25, 0.3) is 0 Å². The standard InChI is InChI=1S/C18H26N2O3/c1-18(2,17(22)23-3)15-5-4-12-20(13-15)16(21)7-6-14-8-10-19-11-9-14/h8-11,15H,4-7,12-13H2,1-3H3. The third kappa shape index (κ3) is 4.30. The van der Waals surface area contributed by atoms with Crippen molar-refractivity contribution >= 4 is 11.9 Å².